The zero-order valence-electron chi connectivity index (χ0n) is 14.4. The molecule has 0 bridgehead atoms. The van der Waals surface area contributed by atoms with Crippen LogP contribution in [0.2, 0.25) is 0 Å². The Morgan fingerprint density at radius 3 is 2.46 bits per heavy atom. The number of likely N-dealkylation sites (N-methyl/N-ethyl adjacent to an activating group) is 1. The molecule has 0 unspecified atom stereocenters. The van der Waals surface area contributed by atoms with E-state index in [1.54, 1.807) is 19.2 Å². The first-order valence-electron chi connectivity index (χ1n) is 8.08. The molecule has 0 saturated carbocycles. The van der Waals surface area contributed by atoms with Crippen molar-refractivity contribution < 1.29 is 18.0 Å². The minimum Gasteiger partial charge on any atom is -0.340 e. The predicted molar refractivity (Wildman–Crippen MR) is 92.4 cm³/mol. The summed E-state index contributed by atoms with van der Waals surface area (Å²) in [5.74, 6) is -1.47. The summed E-state index contributed by atoms with van der Waals surface area (Å²) in [6, 6.07) is 13.9. The monoisotopic (exact) mass is 361 g/mol. The van der Waals surface area contributed by atoms with Crippen molar-refractivity contribution in [2.45, 2.75) is 26.2 Å². The number of halogens is 3. The lowest BCUT2D eigenvalue weighted by Gasteiger charge is -2.20. The van der Waals surface area contributed by atoms with Gasteiger partial charge in [0.25, 0.3) is 0 Å². The molecule has 26 heavy (non-hydrogen) atoms. The minimum absolute atomic E-state index is 0.217. The number of alkyl halides is 3. The van der Waals surface area contributed by atoms with Crippen LogP contribution in [0.4, 0.5) is 13.2 Å². The highest BCUT2D eigenvalue weighted by Gasteiger charge is 2.38. The van der Waals surface area contributed by atoms with Crippen molar-refractivity contribution >= 4 is 16.9 Å². The molecule has 1 amide bonds. The van der Waals surface area contributed by atoms with Gasteiger partial charge in [-0.1, -0.05) is 36.4 Å². The van der Waals surface area contributed by atoms with Crippen molar-refractivity contribution in [2.75, 3.05) is 7.05 Å². The summed E-state index contributed by atoms with van der Waals surface area (Å²) in [7, 11) is 1.58. The van der Waals surface area contributed by atoms with E-state index in [0.29, 0.717) is 6.54 Å². The average Bonchev–Trinajstić information content (AvgIpc) is 2.96. The number of aryl methyl sites for hydroxylation is 1. The predicted octanol–water partition coefficient (Wildman–Crippen LogP) is 4.02. The summed E-state index contributed by atoms with van der Waals surface area (Å²) in [6.07, 6.45) is -4.63. The summed E-state index contributed by atoms with van der Waals surface area (Å²) in [4.78, 5) is 17.6. The molecule has 2 aromatic carbocycles. The lowest BCUT2D eigenvalue weighted by molar-refractivity contribution is -0.148. The van der Waals surface area contributed by atoms with Crippen LogP contribution in [0.25, 0.3) is 11.0 Å². The fourth-order valence-electron chi connectivity index (χ4n) is 2.84. The number of nitrogens with zero attached hydrogens (tertiary/aromatic N) is 3. The van der Waals surface area contributed by atoms with Gasteiger partial charge >= 0.3 is 6.18 Å². The molecule has 0 aliphatic heterocycles. The van der Waals surface area contributed by atoms with E-state index in [1.807, 2.05) is 31.2 Å². The van der Waals surface area contributed by atoms with Crippen LogP contribution >= 0.6 is 0 Å². The smallest absolute Gasteiger partial charge is 0.340 e. The zero-order valence-corrected chi connectivity index (χ0v) is 14.4. The number of aromatic nitrogens is 2. The summed E-state index contributed by atoms with van der Waals surface area (Å²) < 4.78 is 40.9. The van der Waals surface area contributed by atoms with Crippen LogP contribution in [0.1, 0.15) is 17.0 Å². The standard InChI is InChI=1S/C19H18F3N3O/c1-13-7-3-4-8-14(13)11-24(2)17(26)12-25-16-10-6-5-9-15(16)23-18(25)19(20,21)22/h3-10H,11-12H2,1-2H3. The number of rotatable bonds is 4. The SMILES string of the molecule is Cc1ccccc1CN(C)C(=O)Cn1c(C(F)(F)F)nc2ccccc21. The van der Waals surface area contributed by atoms with Gasteiger partial charge in [0.1, 0.15) is 6.54 Å². The molecule has 1 heterocycles. The highest BCUT2D eigenvalue weighted by Crippen LogP contribution is 2.31. The van der Waals surface area contributed by atoms with Gasteiger partial charge in [0, 0.05) is 13.6 Å². The van der Waals surface area contributed by atoms with Crippen molar-refractivity contribution in [1.29, 1.82) is 0 Å². The summed E-state index contributed by atoms with van der Waals surface area (Å²) in [5.41, 5.74) is 2.48. The van der Waals surface area contributed by atoms with E-state index < -0.39 is 24.5 Å². The molecular formula is C19H18F3N3O. The number of carbonyl (C=O) groups is 1. The molecule has 0 N–H and O–H groups in total. The molecule has 0 aliphatic rings. The third-order valence-electron chi connectivity index (χ3n) is 4.30. The van der Waals surface area contributed by atoms with Crippen LogP contribution in [0.15, 0.2) is 48.5 Å². The van der Waals surface area contributed by atoms with Crippen LogP contribution in [0.5, 0.6) is 0 Å². The Morgan fingerprint density at radius 1 is 1.12 bits per heavy atom. The number of benzene rings is 2. The number of hydrogen-bond donors (Lipinski definition) is 0. The number of para-hydroxylation sites is 2. The second-order valence-electron chi connectivity index (χ2n) is 6.18. The number of imidazole rings is 1. The summed E-state index contributed by atoms with van der Waals surface area (Å²) in [6.45, 7) is 1.84. The van der Waals surface area contributed by atoms with Gasteiger partial charge in [0.15, 0.2) is 0 Å². The van der Waals surface area contributed by atoms with Gasteiger partial charge in [-0.25, -0.2) is 4.98 Å². The number of fused-ring (bicyclic) bond motifs is 1. The van der Waals surface area contributed by atoms with E-state index in [1.165, 1.54) is 17.0 Å². The molecular weight excluding hydrogens is 343 g/mol. The molecule has 0 fully saturated rings. The molecule has 7 heteroatoms. The van der Waals surface area contributed by atoms with Crippen molar-refractivity contribution in [1.82, 2.24) is 14.5 Å². The van der Waals surface area contributed by atoms with Crippen molar-refractivity contribution in [2.24, 2.45) is 0 Å². The first-order valence-corrected chi connectivity index (χ1v) is 8.08. The molecule has 0 spiro atoms. The van der Waals surface area contributed by atoms with Crippen molar-refractivity contribution in [3.05, 3.63) is 65.5 Å². The van der Waals surface area contributed by atoms with Crippen LogP contribution in [-0.2, 0) is 24.1 Å². The van der Waals surface area contributed by atoms with Crippen LogP contribution in [0, 0.1) is 6.92 Å². The van der Waals surface area contributed by atoms with Gasteiger partial charge in [0.2, 0.25) is 11.7 Å². The molecule has 0 saturated heterocycles. The Morgan fingerprint density at radius 2 is 1.77 bits per heavy atom. The van der Waals surface area contributed by atoms with Gasteiger partial charge in [-0.05, 0) is 30.2 Å². The Balaban J connectivity index is 1.88. The third kappa shape index (κ3) is 3.56. The van der Waals surface area contributed by atoms with Crippen LogP contribution < -0.4 is 0 Å². The van der Waals surface area contributed by atoms with E-state index in [2.05, 4.69) is 4.98 Å². The first-order chi connectivity index (χ1) is 12.3. The fraction of sp³-hybridized carbons (Fsp3) is 0.263. The van der Waals surface area contributed by atoms with E-state index in [4.69, 9.17) is 0 Å². The summed E-state index contributed by atoms with van der Waals surface area (Å²) >= 11 is 0. The molecule has 0 atom stereocenters. The van der Waals surface area contributed by atoms with Crippen LogP contribution in [-0.4, -0.2) is 27.4 Å². The third-order valence-corrected chi connectivity index (χ3v) is 4.30. The minimum atomic E-state index is -4.63. The maximum atomic E-state index is 13.3. The van der Waals surface area contributed by atoms with Gasteiger partial charge in [0.05, 0.1) is 11.0 Å². The van der Waals surface area contributed by atoms with E-state index >= 15 is 0 Å². The van der Waals surface area contributed by atoms with Gasteiger partial charge < -0.3 is 9.47 Å². The molecule has 4 nitrogen and oxygen atoms in total. The van der Waals surface area contributed by atoms with E-state index in [-0.39, 0.29) is 11.0 Å². The topological polar surface area (TPSA) is 38.1 Å². The lowest BCUT2D eigenvalue weighted by atomic mass is 10.1. The van der Waals surface area contributed by atoms with E-state index in [9.17, 15) is 18.0 Å². The van der Waals surface area contributed by atoms with Gasteiger partial charge in [-0.3, -0.25) is 4.79 Å². The maximum absolute atomic E-state index is 13.3. The second-order valence-corrected chi connectivity index (χ2v) is 6.18. The molecule has 0 radical (unpaired) electrons. The Kier molecular flexibility index (Phi) is 4.71. The van der Waals surface area contributed by atoms with E-state index in [0.717, 1.165) is 15.7 Å². The van der Waals surface area contributed by atoms with Crippen molar-refractivity contribution in [3.8, 4) is 0 Å². The Labute approximate surface area is 148 Å². The molecule has 0 aliphatic carbocycles. The Hall–Kier alpha value is -2.83. The first kappa shape index (κ1) is 18.0. The fourth-order valence-corrected chi connectivity index (χ4v) is 2.84. The highest BCUT2D eigenvalue weighted by molar-refractivity contribution is 5.81. The highest BCUT2D eigenvalue weighted by atomic mass is 19.4. The Bertz CT molecular complexity index is 947. The lowest BCUT2D eigenvalue weighted by Crippen LogP contribution is -2.31. The molecule has 3 rings (SSSR count). The normalized spacial score (nSPS) is 11.7. The van der Waals surface area contributed by atoms with Crippen molar-refractivity contribution in [3.63, 3.8) is 0 Å². The quantitative estimate of drug-likeness (QED) is 0.704. The van der Waals surface area contributed by atoms with Gasteiger partial charge in [-0.15, -0.1) is 0 Å². The zero-order chi connectivity index (χ0) is 18.9. The van der Waals surface area contributed by atoms with Gasteiger partial charge in [-0.2, -0.15) is 13.2 Å². The number of hydrogen-bond acceptors (Lipinski definition) is 2. The molecule has 136 valence electrons. The largest absolute Gasteiger partial charge is 0.449 e. The molecule has 3 aromatic rings. The maximum Gasteiger partial charge on any atom is 0.449 e. The molecule has 1 aromatic heterocycles. The number of carbonyl (C=O) groups excluding carboxylic acids is 1. The second kappa shape index (κ2) is 6.82. The van der Waals surface area contributed by atoms with Crippen LogP contribution in [0.3, 0.4) is 0 Å². The number of amides is 1. The average molecular weight is 361 g/mol. The summed E-state index contributed by atoms with van der Waals surface area (Å²) in [5, 5.41) is 0.